The zero-order valence-corrected chi connectivity index (χ0v) is 15.9. The maximum absolute atomic E-state index is 12.1. The summed E-state index contributed by atoms with van der Waals surface area (Å²) in [5, 5.41) is 13.3. The molecular formula is C21H17BrN2O3. The standard InChI is InChI=1S/C21H17BrN2O3/c22-19-6-1-2-7-20(19)27-14-15-8-10-17(11-9-15)21(26)24-23-13-16-4-3-5-18(25)12-16/h1-13,25H,14H2,(H,24,26). The van der Waals surface area contributed by atoms with Gasteiger partial charge in [-0.1, -0.05) is 36.4 Å². The van der Waals surface area contributed by atoms with E-state index in [1.807, 2.05) is 36.4 Å². The van der Waals surface area contributed by atoms with Crippen LogP contribution in [0.25, 0.3) is 0 Å². The second kappa shape index (κ2) is 9.00. The number of rotatable bonds is 6. The van der Waals surface area contributed by atoms with Crippen LogP contribution in [0.1, 0.15) is 21.5 Å². The highest BCUT2D eigenvalue weighted by molar-refractivity contribution is 9.10. The number of phenols is 1. The molecular weight excluding hydrogens is 408 g/mol. The van der Waals surface area contributed by atoms with Gasteiger partial charge in [-0.25, -0.2) is 5.43 Å². The number of para-hydroxylation sites is 1. The molecule has 0 spiro atoms. The van der Waals surface area contributed by atoms with Gasteiger partial charge in [0.05, 0.1) is 10.7 Å². The van der Waals surface area contributed by atoms with Gasteiger partial charge in [0.25, 0.3) is 5.91 Å². The first-order valence-electron chi connectivity index (χ1n) is 8.20. The van der Waals surface area contributed by atoms with Crippen molar-refractivity contribution < 1.29 is 14.6 Å². The fraction of sp³-hybridized carbons (Fsp3) is 0.0476. The van der Waals surface area contributed by atoms with E-state index in [1.165, 1.54) is 6.21 Å². The summed E-state index contributed by atoms with van der Waals surface area (Å²) in [4.78, 5) is 12.1. The molecule has 0 heterocycles. The molecule has 27 heavy (non-hydrogen) atoms. The zero-order valence-electron chi connectivity index (χ0n) is 14.3. The number of phenolic OH excluding ortho intramolecular Hbond substituents is 1. The van der Waals surface area contributed by atoms with Crippen LogP contribution in [-0.2, 0) is 6.61 Å². The lowest BCUT2D eigenvalue weighted by molar-refractivity contribution is 0.0955. The minimum atomic E-state index is -0.315. The molecule has 0 fully saturated rings. The van der Waals surface area contributed by atoms with Crippen molar-refractivity contribution in [1.82, 2.24) is 5.43 Å². The van der Waals surface area contributed by atoms with E-state index in [4.69, 9.17) is 4.74 Å². The van der Waals surface area contributed by atoms with Gasteiger partial charge in [-0.3, -0.25) is 4.79 Å². The number of aromatic hydroxyl groups is 1. The maximum atomic E-state index is 12.1. The number of hydrogen-bond donors (Lipinski definition) is 2. The molecule has 136 valence electrons. The Bertz CT molecular complexity index is 956. The van der Waals surface area contributed by atoms with Crippen LogP contribution in [0.3, 0.4) is 0 Å². The van der Waals surface area contributed by atoms with E-state index >= 15 is 0 Å². The molecule has 5 nitrogen and oxygen atoms in total. The average Bonchev–Trinajstić information content (AvgIpc) is 2.68. The molecule has 0 saturated carbocycles. The van der Waals surface area contributed by atoms with E-state index in [2.05, 4.69) is 26.5 Å². The third kappa shape index (κ3) is 5.43. The van der Waals surface area contributed by atoms with Crippen LogP contribution < -0.4 is 10.2 Å². The van der Waals surface area contributed by atoms with E-state index in [0.29, 0.717) is 17.7 Å². The van der Waals surface area contributed by atoms with Crippen molar-refractivity contribution >= 4 is 28.1 Å². The number of carbonyl (C=O) groups is 1. The lowest BCUT2D eigenvalue weighted by Gasteiger charge is -2.08. The van der Waals surface area contributed by atoms with E-state index in [-0.39, 0.29) is 11.7 Å². The average molecular weight is 425 g/mol. The minimum Gasteiger partial charge on any atom is -0.508 e. The van der Waals surface area contributed by atoms with E-state index in [1.54, 1.807) is 36.4 Å². The Morgan fingerprint density at radius 3 is 2.59 bits per heavy atom. The van der Waals surface area contributed by atoms with E-state index in [9.17, 15) is 9.90 Å². The number of nitrogens with zero attached hydrogens (tertiary/aromatic N) is 1. The predicted molar refractivity (Wildman–Crippen MR) is 108 cm³/mol. The number of hydrogen-bond acceptors (Lipinski definition) is 4. The van der Waals surface area contributed by atoms with E-state index < -0.39 is 0 Å². The third-order valence-corrected chi connectivity index (χ3v) is 4.35. The number of nitrogens with one attached hydrogen (secondary N) is 1. The van der Waals surface area contributed by atoms with Gasteiger partial charge in [0.15, 0.2) is 0 Å². The Balaban J connectivity index is 1.55. The zero-order chi connectivity index (χ0) is 19.1. The number of hydrazone groups is 1. The topological polar surface area (TPSA) is 70.9 Å². The summed E-state index contributed by atoms with van der Waals surface area (Å²) in [6, 6.07) is 21.3. The molecule has 0 saturated heterocycles. The van der Waals surface area contributed by atoms with Crippen molar-refractivity contribution in [3.05, 3.63) is 94.0 Å². The molecule has 0 aliphatic carbocycles. The molecule has 3 aromatic carbocycles. The van der Waals surface area contributed by atoms with Gasteiger partial charge in [0, 0.05) is 5.56 Å². The van der Waals surface area contributed by atoms with Crippen molar-refractivity contribution in [3.8, 4) is 11.5 Å². The second-order valence-electron chi connectivity index (χ2n) is 5.71. The molecule has 2 N–H and O–H groups in total. The molecule has 0 aliphatic rings. The van der Waals surface area contributed by atoms with Crippen LogP contribution in [-0.4, -0.2) is 17.2 Å². The summed E-state index contributed by atoms with van der Waals surface area (Å²) in [5.41, 5.74) is 4.60. The summed E-state index contributed by atoms with van der Waals surface area (Å²) in [5.74, 6) is 0.593. The molecule has 3 rings (SSSR count). The molecule has 1 amide bonds. The van der Waals surface area contributed by atoms with Gasteiger partial charge < -0.3 is 9.84 Å². The fourth-order valence-corrected chi connectivity index (χ4v) is 2.71. The molecule has 0 atom stereocenters. The highest BCUT2D eigenvalue weighted by Gasteiger charge is 2.05. The Kier molecular flexibility index (Phi) is 6.22. The second-order valence-corrected chi connectivity index (χ2v) is 6.56. The molecule has 0 bridgehead atoms. The summed E-state index contributed by atoms with van der Waals surface area (Å²) in [7, 11) is 0. The molecule has 3 aromatic rings. The van der Waals surface area contributed by atoms with Crippen LogP contribution in [0.5, 0.6) is 11.5 Å². The summed E-state index contributed by atoms with van der Waals surface area (Å²) in [6.07, 6.45) is 1.47. The lowest BCUT2D eigenvalue weighted by atomic mass is 10.1. The largest absolute Gasteiger partial charge is 0.508 e. The normalized spacial score (nSPS) is 10.7. The van der Waals surface area contributed by atoms with Gasteiger partial charge in [0.1, 0.15) is 18.1 Å². The number of ether oxygens (including phenoxy) is 1. The van der Waals surface area contributed by atoms with Crippen molar-refractivity contribution in [1.29, 1.82) is 0 Å². The molecule has 0 aromatic heterocycles. The van der Waals surface area contributed by atoms with Gasteiger partial charge >= 0.3 is 0 Å². The smallest absolute Gasteiger partial charge is 0.271 e. The SMILES string of the molecule is O=C(NN=Cc1cccc(O)c1)c1ccc(COc2ccccc2Br)cc1. The lowest BCUT2D eigenvalue weighted by Crippen LogP contribution is -2.17. The Morgan fingerprint density at radius 1 is 1.07 bits per heavy atom. The maximum Gasteiger partial charge on any atom is 0.271 e. The van der Waals surface area contributed by atoms with Crippen molar-refractivity contribution in [2.24, 2.45) is 5.10 Å². The van der Waals surface area contributed by atoms with Gasteiger partial charge in [-0.2, -0.15) is 5.10 Å². The van der Waals surface area contributed by atoms with Crippen LogP contribution in [0.15, 0.2) is 82.4 Å². The van der Waals surface area contributed by atoms with Crippen molar-refractivity contribution in [2.45, 2.75) is 6.61 Å². The summed E-state index contributed by atoms with van der Waals surface area (Å²) < 4.78 is 6.65. The summed E-state index contributed by atoms with van der Waals surface area (Å²) in [6.45, 7) is 0.403. The quantitative estimate of drug-likeness (QED) is 0.452. The monoisotopic (exact) mass is 424 g/mol. The van der Waals surface area contributed by atoms with Crippen LogP contribution in [0, 0.1) is 0 Å². The van der Waals surface area contributed by atoms with E-state index in [0.717, 1.165) is 15.8 Å². The Hall–Kier alpha value is -3.12. The highest BCUT2D eigenvalue weighted by Crippen LogP contribution is 2.24. The minimum absolute atomic E-state index is 0.144. The highest BCUT2D eigenvalue weighted by atomic mass is 79.9. The van der Waals surface area contributed by atoms with Gasteiger partial charge in [0.2, 0.25) is 0 Å². The van der Waals surface area contributed by atoms with Crippen molar-refractivity contribution in [3.63, 3.8) is 0 Å². The summed E-state index contributed by atoms with van der Waals surface area (Å²) >= 11 is 3.44. The first kappa shape index (κ1) is 18.7. The number of benzene rings is 3. The van der Waals surface area contributed by atoms with Crippen molar-refractivity contribution in [2.75, 3.05) is 0 Å². The predicted octanol–water partition coefficient (Wildman–Crippen LogP) is 4.50. The first-order chi connectivity index (χ1) is 13.1. The van der Waals surface area contributed by atoms with Crippen LogP contribution in [0.4, 0.5) is 0 Å². The number of amides is 1. The Labute approximate surface area is 165 Å². The molecule has 0 aliphatic heterocycles. The molecule has 0 radical (unpaired) electrons. The Morgan fingerprint density at radius 2 is 1.85 bits per heavy atom. The number of halogens is 1. The van der Waals surface area contributed by atoms with Gasteiger partial charge in [-0.15, -0.1) is 0 Å². The number of carbonyl (C=O) groups excluding carboxylic acids is 1. The fourth-order valence-electron chi connectivity index (χ4n) is 2.31. The van der Waals surface area contributed by atoms with Crippen LogP contribution in [0.2, 0.25) is 0 Å². The molecule has 6 heteroatoms. The molecule has 0 unspecified atom stereocenters. The van der Waals surface area contributed by atoms with Gasteiger partial charge in [-0.05, 0) is 63.5 Å². The van der Waals surface area contributed by atoms with Crippen LogP contribution >= 0.6 is 15.9 Å². The third-order valence-electron chi connectivity index (χ3n) is 3.70. The first-order valence-corrected chi connectivity index (χ1v) is 9.00.